The van der Waals surface area contributed by atoms with Crippen LogP contribution in [0.3, 0.4) is 0 Å². The van der Waals surface area contributed by atoms with E-state index in [1.165, 1.54) is 26.4 Å². The molecule has 1 aliphatic rings. The molecule has 1 N–H and O–H groups in total. The summed E-state index contributed by atoms with van der Waals surface area (Å²) in [6.45, 7) is -0.285. The van der Waals surface area contributed by atoms with Crippen LogP contribution >= 0.6 is 11.6 Å². The first kappa shape index (κ1) is 17.1. The zero-order valence-corrected chi connectivity index (χ0v) is 13.7. The second kappa shape index (κ2) is 7.87. The number of ether oxygens (including phenoxy) is 3. The molecule has 0 unspecified atom stereocenters. The van der Waals surface area contributed by atoms with E-state index in [2.05, 4.69) is 5.32 Å². The molecule has 1 aromatic rings. The molecule has 2 rings (SSSR count). The van der Waals surface area contributed by atoms with Crippen molar-refractivity contribution in [3.05, 3.63) is 28.8 Å². The summed E-state index contributed by atoms with van der Waals surface area (Å²) < 4.78 is 15.2. The molecule has 0 atom stereocenters. The van der Waals surface area contributed by atoms with E-state index in [4.69, 9.17) is 25.8 Å². The summed E-state index contributed by atoms with van der Waals surface area (Å²) in [7, 11) is 2.98. The Hall–Kier alpha value is -2.21. The Morgan fingerprint density at radius 1 is 1.30 bits per heavy atom. The monoisotopic (exact) mass is 339 g/mol. The van der Waals surface area contributed by atoms with Gasteiger partial charge in [0.2, 0.25) is 0 Å². The van der Waals surface area contributed by atoms with Crippen LogP contribution in [0.25, 0.3) is 6.08 Å². The van der Waals surface area contributed by atoms with Crippen molar-refractivity contribution in [3.8, 4) is 11.5 Å². The largest absolute Gasteiger partial charge is 0.493 e. The lowest BCUT2D eigenvalue weighted by molar-refractivity contribution is -0.143. The molecule has 7 heteroatoms. The van der Waals surface area contributed by atoms with Gasteiger partial charge in [-0.05, 0) is 36.6 Å². The highest BCUT2D eigenvalue weighted by Crippen LogP contribution is 2.36. The maximum Gasteiger partial charge on any atom is 0.331 e. The standard InChI is InChI=1S/C16H18ClNO5/c1-21-13-8-10(7-12(17)16(13)22-2)3-6-15(20)23-9-14(19)18-11-4-5-11/h3,6-8,11H,4-5,9H2,1-2H3,(H,18,19)/b6-3+. The van der Waals surface area contributed by atoms with E-state index >= 15 is 0 Å². The van der Waals surface area contributed by atoms with E-state index in [9.17, 15) is 9.59 Å². The molecule has 0 saturated heterocycles. The highest BCUT2D eigenvalue weighted by molar-refractivity contribution is 6.32. The van der Waals surface area contributed by atoms with Gasteiger partial charge in [0.15, 0.2) is 18.1 Å². The fourth-order valence-electron chi connectivity index (χ4n) is 1.88. The van der Waals surface area contributed by atoms with Crippen LogP contribution in [-0.4, -0.2) is 38.7 Å². The molecule has 1 amide bonds. The number of hydrogen-bond donors (Lipinski definition) is 1. The second-order valence-corrected chi connectivity index (χ2v) is 5.43. The number of nitrogens with one attached hydrogen (secondary N) is 1. The van der Waals surface area contributed by atoms with Crippen LogP contribution in [0.5, 0.6) is 11.5 Å². The normalized spacial score (nSPS) is 13.7. The molecule has 0 radical (unpaired) electrons. The van der Waals surface area contributed by atoms with E-state index in [-0.39, 0.29) is 18.6 Å². The average Bonchev–Trinajstić information content (AvgIpc) is 3.34. The quantitative estimate of drug-likeness (QED) is 0.609. The van der Waals surface area contributed by atoms with Crippen molar-refractivity contribution in [2.24, 2.45) is 0 Å². The number of amides is 1. The molecule has 0 aliphatic heterocycles. The number of carbonyl (C=O) groups excluding carboxylic acids is 2. The zero-order chi connectivity index (χ0) is 16.8. The minimum absolute atomic E-state index is 0.241. The van der Waals surface area contributed by atoms with E-state index < -0.39 is 5.97 Å². The number of hydrogen-bond acceptors (Lipinski definition) is 5. The van der Waals surface area contributed by atoms with Crippen LogP contribution in [0, 0.1) is 0 Å². The maximum atomic E-state index is 11.6. The van der Waals surface area contributed by atoms with Gasteiger partial charge in [0.1, 0.15) is 0 Å². The van der Waals surface area contributed by atoms with Gasteiger partial charge < -0.3 is 19.5 Å². The van der Waals surface area contributed by atoms with Gasteiger partial charge in [-0.3, -0.25) is 4.79 Å². The molecule has 1 aromatic carbocycles. The first-order valence-electron chi connectivity index (χ1n) is 7.09. The molecule has 1 aliphatic carbocycles. The van der Waals surface area contributed by atoms with Gasteiger partial charge in [-0.2, -0.15) is 0 Å². The number of halogens is 1. The lowest BCUT2D eigenvalue weighted by Gasteiger charge is -2.10. The number of esters is 1. The fourth-order valence-corrected chi connectivity index (χ4v) is 2.18. The third-order valence-electron chi connectivity index (χ3n) is 3.16. The van der Waals surface area contributed by atoms with Crippen LogP contribution in [0.2, 0.25) is 5.02 Å². The van der Waals surface area contributed by atoms with Gasteiger partial charge in [-0.15, -0.1) is 0 Å². The molecule has 0 aromatic heterocycles. The summed E-state index contributed by atoms with van der Waals surface area (Å²) in [4.78, 5) is 23.0. The molecule has 124 valence electrons. The van der Waals surface area contributed by atoms with E-state index in [1.807, 2.05) is 0 Å². The van der Waals surface area contributed by atoms with E-state index in [1.54, 1.807) is 12.1 Å². The molecule has 23 heavy (non-hydrogen) atoms. The Bertz CT molecular complexity index is 625. The summed E-state index contributed by atoms with van der Waals surface area (Å²) in [6, 6.07) is 3.55. The van der Waals surface area contributed by atoms with Gasteiger partial charge in [0.25, 0.3) is 5.91 Å². The lowest BCUT2D eigenvalue weighted by atomic mass is 10.2. The van der Waals surface area contributed by atoms with Crippen LogP contribution in [0.15, 0.2) is 18.2 Å². The van der Waals surface area contributed by atoms with Gasteiger partial charge >= 0.3 is 5.97 Å². The van der Waals surface area contributed by atoms with Gasteiger partial charge in [0.05, 0.1) is 19.2 Å². The maximum absolute atomic E-state index is 11.6. The van der Waals surface area contributed by atoms with Crippen LogP contribution in [0.1, 0.15) is 18.4 Å². The minimum Gasteiger partial charge on any atom is -0.493 e. The summed E-state index contributed by atoms with van der Waals surface area (Å²) in [5, 5.41) is 3.09. The number of methoxy groups -OCH3 is 2. The first-order valence-corrected chi connectivity index (χ1v) is 7.47. The summed E-state index contributed by atoms with van der Waals surface area (Å²) in [5.74, 6) is -0.0206. The average molecular weight is 340 g/mol. The predicted molar refractivity (Wildman–Crippen MR) is 85.7 cm³/mol. The Labute approximate surface area is 139 Å². The van der Waals surface area contributed by atoms with Crippen molar-refractivity contribution in [1.82, 2.24) is 5.32 Å². The fraction of sp³-hybridized carbons (Fsp3) is 0.375. The Balaban J connectivity index is 1.92. The second-order valence-electron chi connectivity index (χ2n) is 5.02. The van der Waals surface area contributed by atoms with E-state index in [0.29, 0.717) is 22.1 Å². The molecular weight excluding hydrogens is 322 g/mol. The lowest BCUT2D eigenvalue weighted by Crippen LogP contribution is -2.30. The van der Waals surface area contributed by atoms with Gasteiger partial charge in [-0.1, -0.05) is 11.6 Å². The van der Waals surface area contributed by atoms with E-state index in [0.717, 1.165) is 12.8 Å². The molecule has 0 heterocycles. The highest BCUT2D eigenvalue weighted by atomic mass is 35.5. The summed E-state index contributed by atoms with van der Waals surface area (Å²) in [5.41, 5.74) is 0.645. The predicted octanol–water partition coefficient (Wildman–Crippen LogP) is 2.19. The Kier molecular flexibility index (Phi) is 5.87. The van der Waals surface area contributed by atoms with Gasteiger partial charge in [-0.25, -0.2) is 4.79 Å². The smallest absolute Gasteiger partial charge is 0.331 e. The summed E-state index contributed by atoms with van der Waals surface area (Å²) in [6.07, 6.45) is 4.72. The van der Waals surface area contributed by atoms with Crippen molar-refractivity contribution < 1.29 is 23.8 Å². The van der Waals surface area contributed by atoms with Crippen molar-refractivity contribution in [2.45, 2.75) is 18.9 Å². The topological polar surface area (TPSA) is 73.9 Å². The Morgan fingerprint density at radius 3 is 2.65 bits per heavy atom. The SMILES string of the molecule is COc1cc(/C=C/C(=O)OCC(=O)NC2CC2)cc(Cl)c1OC. The van der Waals surface area contributed by atoms with Crippen molar-refractivity contribution in [3.63, 3.8) is 0 Å². The van der Waals surface area contributed by atoms with Crippen molar-refractivity contribution in [2.75, 3.05) is 20.8 Å². The number of benzene rings is 1. The minimum atomic E-state index is -0.609. The molecule has 0 spiro atoms. The van der Waals surface area contributed by atoms with Crippen LogP contribution in [0.4, 0.5) is 0 Å². The van der Waals surface area contributed by atoms with Crippen LogP contribution < -0.4 is 14.8 Å². The molecule has 6 nitrogen and oxygen atoms in total. The van der Waals surface area contributed by atoms with Crippen LogP contribution in [-0.2, 0) is 14.3 Å². The molecular formula is C16H18ClNO5. The number of rotatable bonds is 7. The molecule has 0 bridgehead atoms. The van der Waals surface area contributed by atoms with Gasteiger partial charge in [0, 0.05) is 12.1 Å². The highest BCUT2D eigenvalue weighted by Gasteiger charge is 2.23. The van der Waals surface area contributed by atoms with Crippen molar-refractivity contribution >= 4 is 29.6 Å². The third kappa shape index (κ3) is 5.17. The first-order chi connectivity index (χ1) is 11.0. The molecule has 1 saturated carbocycles. The molecule has 1 fully saturated rings. The van der Waals surface area contributed by atoms with Crippen molar-refractivity contribution in [1.29, 1.82) is 0 Å². The summed E-state index contributed by atoms with van der Waals surface area (Å²) >= 11 is 6.08. The zero-order valence-electron chi connectivity index (χ0n) is 12.9. The third-order valence-corrected chi connectivity index (χ3v) is 3.44. The Morgan fingerprint density at radius 2 is 2.04 bits per heavy atom. The number of carbonyl (C=O) groups is 2.